The molecule has 3 nitrogen and oxygen atoms in total. The van der Waals surface area contributed by atoms with Crippen molar-refractivity contribution < 1.29 is 18.7 Å². The van der Waals surface area contributed by atoms with Crippen LogP contribution in [0.1, 0.15) is 43.0 Å². The van der Waals surface area contributed by atoms with Gasteiger partial charge in [-0.05, 0) is 30.9 Å². The van der Waals surface area contributed by atoms with Crippen LogP contribution in [0.2, 0.25) is 0 Å². The van der Waals surface area contributed by atoms with Crippen molar-refractivity contribution in [2.75, 3.05) is 6.54 Å². The Bertz CT molecular complexity index is 507. The molecule has 0 radical (unpaired) electrons. The largest absolute Gasteiger partial charge is 0.388 e. The van der Waals surface area contributed by atoms with Gasteiger partial charge in [0.25, 0.3) is 5.91 Å². The van der Waals surface area contributed by atoms with E-state index in [9.17, 15) is 18.7 Å². The lowest BCUT2D eigenvalue weighted by atomic mass is 9.79. The van der Waals surface area contributed by atoms with Crippen molar-refractivity contribution >= 4 is 5.91 Å². The Labute approximate surface area is 117 Å². The van der Waals surface area contributed by atoms with Crippen molar-refractivity contribution in [3.63, 3.8) is 0 Å². The number of carbonyl (C=O) groups is 1. The third kappa shape index (κ3) is 3.54. The van der Waals surface area contributed by atoms with Crippen molar-refractivity contribution in [3.05, 3.63) is 35.4 Å². The number of carbonyl (C=O) groups excluding carboxylic acids is 1. The molecule has 1 fully saturated rings. The lowest BCUT2D eigenvalue weighted by molar-refractivity contribution is -0.0109. The fraction of sp³-hybridized carbons (Fsp3) is 0.533. The number of nitrogens with one attached hydrogen (secondary N) is 1. The van der Waals surface area contributed by atoms with Gasteiger partial charge < -0.3 is 10.4 Å². The summed E-state index contributed by atoms with van der Waals surface area (Å²) >= 11 is 0. The van der Waals surface area contributed by atoms with Crippen LogP contribution in [0.4, 0.5) is 8.78 Å². The van der Waals surface area contributed by atoms with E-state index in [1.807, 2.05) is 0 Å². The Morgan fingerprint density at radius 2 is 2.25 bits per heavy atom. The van der Waals surface area contributed by atoms with Crippen LogP contribution in [-0.2, 0) is 0 Å². The first-order chi connectivity index (χ1) is 9.39. The summed E-state index contributed by atoms with van der Waals surface area (Å²) in [6, 6.07) is 2.81. The summed E-state index contributed by atoms with van der Waals surface area (Å²) in [5.74, 6) is -1.84. The van der Waals surface area contributed by atoms with Gasteiger partial charge in [0.2, 0.25) is 0 Å². The molecule has 0 aromatic heterocycles. The van der Waals surface area contributed by atoms with Crippen molar-refractivity contribution in [2.24, 2.45) is 5.92 Å². The molecule has 0 bridgehead atoms. The van der Waals surface area contributed by atoms with Crippen molar-refractivity contribution in [2.45, 2.75) is 38.2 Å². The van der Waals surface area contributed by atoms with E-state index in [1.165, 1.54) is 0 Å². The fourth-order valence-electron chi connectivity index (χ4n) is 2.81. The SMILES string of the molecule is CC1CCCC(O)(CNC(=O)c2ccc(F)cc2F)C1. The van der Waals surface area contributed by atoms with E-state index in [1.54, 1.807) is 0 Å². The fourth-order valence-corrected chi connectivity index (χ4v) is 2.81. The third-order valence-electron chi connectivity index (χ3n) is 3.82. The van der Waals surface area contributed by atoms with Crippen LogP contribution >= 0.6 is 0 Å². The van der Waals surface area contributed by atoms with Crippen LogP contribution in [0.3, 0.4) is 0 Å². The lowest BCUT2D eigenvalue weighted by Crippen LogP contribution is -2.45. The van der Waals surface area contributed by atoms with Crippen LogP contribution in [0.5, 0.6) is 0 Å². The van der Waals surface area contributed by atoms with Gasteiger partial charge in [-0.1, -0.05) is 19.8 Å². The van der Waals surface area contributed by atoms with E-state index >= 15 is 0 Å². The first-order valence-electron chi connectivity index (χ1n) is 6.85. The minimum Gasteiger partial charge on any atom is -0.388 e. The van der Waals surface area contributed by atoms with E-state index in [-0.39, 0.29) is 12.1 Å². The summed E-state index contributed by atoms with van der Waals surface area (Å²) in [4.78, 5) is 11.9. The minimum atomic E-state index is -0.927. The Balaban J connectivity index is 1.98. The van der Waals surface area contributed by atoms with E-state index in [4.69, 9.17) is 0 Å². The molecule has 1 aliphatic rings. The first kappa shape index (κ1) is 14.9. The second kappa shape index (κ2) is 5.87. The zero-order valence-electron chi connectivity index (χ0n) is 11.5. The quantitative estimate of drug-likeness (QED) is 0.896. The van der Waals surface area contributed by atoms with Gasteiger partial charge in [0.15, 0.2) is 0 Å². The number of halogens is 2. The van der Waals surface area contributed by atoms with Crippen molar-refractivity contribution in [3.8, 4) is 0 Å². The first-order valence-corrected chi connectivity index (χ1v) is 6.85. The molecule has 2 unspecified atom stereocenters. The number of benzene rings is 1. The molecule has 1 aliphatic carbocycles. The highest BCUT2D eigenvalue weighted by Crippen LogP contribution is 2.31. The van der Waals surface area contributed by atoms with E-state index in [2.05, 4.69) is 12.2 Å². The van der Waals surface area contributed by atoms with Crippen molar-refractivity contribution in [1.82, 2.24) is 5.32 Å². The Hall–Kier alpha value is -1.49. The molecule has 0 saturated heterocycles. The number of aliphatic hydroxyl groups is 1. The Morgan fingerprint density at radius 1 is 1.50 bits per heavy atom. The summed E-state index contributed by atoms with van der Waals surface area (Å²) < 4.78 is 26.2. The molecule has 2 N–H and O–H groups in total. The maximum Gasteiger partial charge on any atom is 0.254 e. The van der Waals surface area contributed by atoms with Gasteiger partial charge in [-0.15, -0.1) is 0 Å². The summed E-state index contributed by atoms with van der Waals surface area (Å²) in [6.07, 6.45) is 3.24. The number of hydrogen-bond acceptors (Lipinski definition) is 2. The molecule has 1 aromatic carbocycles. The molecule has 0 heterocycles. The van der Waals surface area contributed by atoms with Crippen LogP contribution < -0.4 is 5.32 Å². The second-order valence-corrected chi connectivity index (χ2v) is 5.73. The average molecular weight is 283 g/mol. The molecule has 0 spiro atoms. The normalized spacial score (nSPS) is 26.3. The van der Waals surface area contributed by atoms with E-state index in [0.29, 0.717) is 24.8 Å². The molecule has 1 amide bonds. The van der Waals surface area contributed by atoms with Gasteiger partial charge in [0.1, 0.15) is 11.6 Å². The van der Waals surface area contributed by atoms with Gasteiger partial charge in [-0.3, -0.25) is 4.79 Å². The molecular formula is C15H19F2NO2. The Morgan fingerprint density at radius 3 is 2.90 bits per heavy atom. The zero-order valence-corrected chi connectivity index (χ0v) is 11.5. The van der Waals surface area contributed by atoms with Gasteiger partial charge in [0.05, 0.1) is 11.2 Å². The predicted molar refractivity (Wildman–Crippen MR) is 71.3 cm³/mol. The molecular weight excluding hydrogens is 264 g/mol. The van der Waals surface area contributed by atoms with Gasteiger partial charge in [-0.2, -0.15) is 0 Å². The zero-order chi connectivity index (χ0) is 14.8. The van der Waals surface area contributed by atoms with Crippen LogP contribution in [0.15, 0.2) is 18.2 Å². The third-order valence-corrected chi connectivity index (χ3v) is 3.82. The van der Waals surface area contributed by atoms with E-state index in [0.717, 1.165) is 25.0 Å². The summed E-state index contributed by atoms with van der Waals surface area (Å²) in [7, 11) is 0. The van der Waals surface area contributed by atoms with Gasteiger partial charge in [0, 0.05) is 12.6 Å². The number of amides is 1. The smallest absolute Gasteiger partial charge is 0.254 e. The topological polar surface area (TPSA) is 49.3 Å². The highest BCUT2D eigenvalue weighted by atomic mass is 19.1. The van der Waals surface area contributed by atoms with Crippen LogP contribution in [0.25, 0.3) is 0 Å². The number of rotatable bonds is 3. The Kier molecular flexibility index (Phi) is 4.38. The molecule has 0 aliphatic heterocycles. The number of hydrogen-bond donors (Lipinski definition) is 2. The maximum atomic E-state index is 13.5. The molecule has 20 heavy (non-hydrogen) atoms. The summed E-state index contributed by atoms with van der Waals surface area (Å²) in [5.41, 5.74) is -1.14. The van der Waals surface area contributed by atoms with Gasteiger partial charge in [-0.25, -0.2) is 8.78 Å². The van der Waals surface area contributed by atoms with Crippen LogP contribution in [-0.4, -0.2) is 23.2 Å². The molecule has 110 valence electrons. The minimum absolute atomic E-state index is 0.0903. The van der Waals surface area contributed by atoms with Crippen LogP contribution in [0, 0.1) is 17.6 Å². The average Bonchev–Trinajstić information content (AvgIpc) is 2.36. The van der Waals surface area contributed by atoms with Crippen molar-refractivity contribution in [1.29, 1.82) is 0 Å². The molecule has 5 heteroatoms. The molecule has 2 rings (SSSR count). The molecule has 1 aromatic rings. The maximum absolute atomic E-state index is 13.5. The standard InChI is InChI=1S/C15H19F2NO2/c1-10-3-2-6-15(20,8-10)9-18-14(19)12-5-4-11(16)7-13(12)17/h4-5,7,10,20H,2-3,6,8-9H2,1H3,(H,18,19). The highest BCUT2D eigenvalue weighted by Gasteiger charge is 2.33. The monoisotopic (exact) mass is 283 g/mol. The molecule has 1 saturated carbocycles. The highest BCUT2D eigenvalue weighted by molar-refractivity contribution is 5.94. The molecule has 2 atom stereocenters. The summed E-state index contributed by atoms with van der Waals surface area (Å²) in [5, 5.41) is 12.9. The lowest BCUT2D eigenvalue weighted by Gasteiger charge is -2.35. The second-order valence-electron chi connectivity index (χ2n) is 5.73. The summed E-state index contributed by atoms with van der Waals surface area (Å²) in [6.45, 7) is 2.15. The predicted octanol–water partition coefficient (Wildman–Crippen LogP) is 2.64. The van der Waals surface area contributed by atoms with E-state index < -0.39 is 23.1 Å². The van der Waals surface area contributed by atoms with Gasteiger partial charge >= 0.3 is 0 Å².